The lowest BCUT2D eigenvalue weighted by Crippen LogP contribution is -2.46. The highest BCUT2D eigenvalue weighted by Gasteiger charge is 2.40. The predicted octanol–water partition coefficient (Wildman–Crippen LogP) is 1.22. The number of thiophene rings is 1. The molecule has 0 bridgehead atoms. The van der Waals surface area contributed by atoms with Crippen molar-refractivity contribution in [3.8, 4) is 0 Å². The molecule has 0 radical (unpaired) electrons. The third-order valence-corrected chi connectivity index (χ3v) is 4.38. The van der Waals surface area contributed by atoms with Crippen LogP contribution in [0.5, 0.6) is 0 Å². The molecule has 1 aliphatic heterocycles. The first-order valence-corrected chi connectivity index (χ1v) is 7.13. The van der Waals surface area contributed by atoms with Gasteiger partial charge in [-0.1, -0.05) is 11.3 Å². The lowest BCUT2D eigenvalue weighted by Gasteiger charge is -2.28. The molecule has 2 unspecified atom stereocenters. The summed E-state index contributed by atoms with van der Waals surface area (Å²) in [6.45, 7) is 2.26. The molecule has 2 heterocycles. The number of carbonyl (C=O) groups is 2. The SMILES string of the molecule is CCN(C(=O)c1ccc([N+](=O)[O-])s1)C1COCC1C(=O)O. The number of carboxylic acid groups (broad SMARTS) is 1. The van der Waals surface area contributed by atoms with Crippen LogP contribution in [-0.2, 0) is 9.53 Å². The van der Waals surface area contributed by atoms with Gasteiger partial charge < -0.3 is 14.7 Å². The Balaban J connectivity index is 2.21. The molecule has 0 aliphatic carbocycles. The zero-order valence-electron chi connectivity index (χ0n) is 11.2. The minimum atomic E-state index is -1.01. The van der Waals surface area contributed by atoms with Crippen molar-refractivity contribution in [2.24, 2.45) is 5.92 Å². The van der Waals surface area contributed by atoms with Crippen LogP contribution in [0.1, 0.15) is 16.6 Å². The Morgan fingerprint density at radius 2 is 2.24 bits per heavy atom. The highest BCUT2D eigenvalue weighted by atomic mass is 32.1. The summed E-state index contributed by atoms with van der Waals surface area (Å²) in [4.78, 5) is 35.3. The molecule has 0 aromatic carbocycles. The molecule has 1 N–H and O–H groups in total. The van der Waals surface area contributed by atoms with Gasteiger partial charge in [0.2, 0.25) is 0 Å². The Bertz CT molecular complexity index is 572. The molecule has 1 amide bonds. The van der Waals surface area contributed by atoms with Gasteiger partial charge in [-0.05, 0) is 13.0 Å². The fourth-order valence-corrected chi connectivity index (χ4v) is 3.07. The molecular formula is C12H14N2O6S. The number of likely N-dealkylation sites (N-methyl/N-ethyl adjacent to an activating group) is 1. The van der Waals surface area contributed by atoms with E-state index >= 15 is 0 Å². The molecule has 9 heteroatoms. The normalized spacial score (nSPS) is 21.2. The van der Waals surface area contributed by atoms with Crippen LogP contribution in [0.3, 0.4) is 0 Å². The lowest BCUT2D eigenvalue weighted by atomic mass is 10.0. The fraction of sp³-hybridized carbons (Fsp3) is 0.500. The first kappa shape index (κ1) is 15.4. The maximum Gasteiger partial charge on any atom is 0.324 e. The lowest BCUT2D eigenvalue weighted by molar-refractivity contribution is -0.380. The van der Waals surface area contributed by atoms with Gasteiger partial charge in [-0.25, -0.2) is 0 Å². The van der Waals surface area contributed by atoms with Crippen LogP contribution in [0.15, 0.2) is 12.1 Å². The van der Waals surface area contributed by atoms with E-state index in [0.29, 0.717) is 6.54 Å². The van der Waals surface area contributed by atoms with Gasteiger partial charge in [0.1, 0.15) is 5.92 Å². The van der Waals surface area contributed by atoms with Crippen molar-refractivity contribution in [3.63, 3.8) is 0 Å². The minimum Gasteiger partial charge on any atom is -0.481 e. The second-order valence-electron chi connectivity index (χ2n) is 4.54. The van der Waals surface area contributed by atoms with Gasteiger partial charge in [0.15, 0.2) is 0 Å². The van der Waals surface area contributed by atoms with Gasteiger partial charge in [0, 0.05) is 12.6 Å². The van der Waals surface area contributed by atoms with Gasteiger partial charge >= 0.3 is 11.0 Å². The van der Waals surface area contributed by atoms with E-state index in [2.05, 4.69) is 0 Å². The van der Waals surface area contributed by atoms with Crippen molar-refractivity contribution in [1.82, 2.24) is 4.90 Å². The van der Waals surface area contributed by atoms with Crippen molar-refractivity contribution in [1.29, 1.82) is 0 Å². The van der Waals surface area contributed by atoms with Crippen molar-refractivity contribution < 1.29 is 24.4 Å². The van der Waals surface area contributed by atoms with Crippen LogP contribution in [-0.4, -0.2) is 52.6 Å². The van der Waals surface area contributed by atoms with E-state index in [1.807, 2.05) is 0 Å². The predicted molar refractivity (Wildman–Crippen MR) is 73.4 cm³/mol. The van der Waals surface area contributed by atoms with E-state index in [1.165, 1.54) is 17.0 Å². The summed E-state index contributed by atoms with van der Waals surface area (Å²) in [5.74, 6) is -2.19. The first-order valence-electron chi connectivity index (χ1n) is 6.31. The van der Waals surface area contributed by atoms with Crippen LogP contribution >= 0.6 is 11.3 Å². The average molecular weight is 314 g/mol. The number of nitro groups is 1. The van der Waals surface area contributed by atoms with Crippen molar-refractivity contribution in [3.05, 3.63) is 27.1 Å². The maximum absolute atomic E-state index is 12.4. The van der Waals surface area contributed by atoms with Gasteiger partial charge in [-0.15, -0.1) is 0 Å². The molecule has 0 saturated carbocycles. The van der Waals surface area contributed by atoms with Gasteiger partial charge in [-0.2, -0.15) is 0 Å². The largest absolute Gasteiger partial charge is 0.481 e. The molecule has 8 nitrogen and oxygen atoms in total. The molecular weight excluding hydrogens is 300 g/mol. The molecule has 1 fully saturated rings. The monoisotopic (exact) mass is 314 g/mol. The van der Waals surface area contributed by atoms with E-state index in [9.17, 15) is 19.7 Å². The maximum atomic E-state index is 12.4. The molecule has 2 atom stereocenters. The Hall–Kier alpha value is -2.00. The summed E-state index contributed by atoms with van der Waals surface area (Å²) in [5.41, 5.74) is 0. The molecule has 21 heavy (non-hydrogen) atoms. The molecule has 1 aromatic rings. The zero-order valence-corrected chi connectivity index (χ0v) is 12.0. The van der Waals surface area contributed by atoms with Crippen LogP contribution in [0.4, 0.5) is 5.00 Å². The number of rotatable bonds is 5. The second-order valence-corrected chi connectivity index (χ2v) is 5.60. The number of carbonyl (C=O) groups excluding carboxylic acids is 1. The standard InChI is InChI=1S/C12H14N2O6S/c1-2-13(8-6-20-5-7(8)12(16)17)11(15)9-3-4-10(21-9)14(18)19/h3-4,7-8H,2,5-6H2,1H3,(H,16,17). The highest BCUT2D eigenvalue weighted by molar-refractivity contribution is 7.17. The van der Waals surface area contributed by atoms with Crippen LogP contribution in [0.2, 0.25) is 0 Å². The van der Waals surface area contributed by atoms with Gasteiger partial charge in [-0.3, -0.25) is 19.7 Å². The summed E-state index contributed by atoms with van der Waals surface area (Å²) in [5, 5.41) is 19.7. The van der Waals surface area contributed by atoms with E-state index in [1.54, 1.807) is 6.92 Å². The topological polar surface area (TPSA) is 110 Å². The summed E-state index contributed by atoms with van der Waals surface area (Å²) in [6.07, 6.45) is 0. The van der Waals surface area contributed by atoms with Gasteiger partial charge in [0.25, 0.3) is 5.91 Å². The fourth-order valence-electron chi connectivity index (χ4n) is 2.30. The first-order chi connectivity index (χ1) is 9.95. The smallest absolute Gasteiger partial charge is 0.324 e. The van der Waals surface area contributed by atoms with Gasteiger partial charge in [0.05, 0.1) is 29.1 Å². The summed E-state index contributed by atoms with van der Waals surface area (Å²) in [6, 6.07) is 2.10. The summed E-state index contributed by atoms with van der Waals surface area (Å²) < 4.78 is 5.16. The van der Waals surface area contributed by atoms with Crippen LogP contribution in [0, 0.1) is 16.0 Å². The Morgan fingerprint density at radius 1 is 1.52 bits per heavy atom. The molecule has 2 rings (SSSR count). The number of hydrogen-bond donors (Lipinski definition) is 1. The quantitative estimate of drug-likeness (QED) is 0.646. The highest BCUT2D eigenvalue weighted by Crippen LogP contribution is 2.28. The van der Waals surface area contributed by atoms with Crippen LogP contribution < -0.4 is 0 Å². The third kappa shape index (κ3) is 3.03. The van der Waals surface area contributed by atoms with Crippen molar-refractivity contribution in [2.45, 2.75) is 13.0 Å². The number of ether oxygens (including phenoxy) is 1. The number of hydrogen-bond acceptors (Lipinski definition) is 6. The Morgan fingerprint density at radius 3 is 2.76 bits per heavy atom. The number of aliphatic carboxylic acids is 1. The number of carboxylic acids is 1. The average Bonchev–Trinajstić information content (AvgIpc) is 3.08. The van der Waals surface area contributed by atoms with E-state index in [4.69, 9.17) is 9.84 Å². The van der Waals surface area contributed by atoms with Crippen LogP contribution in [0.25, 0.3) is 0 Å². The molecule has 114 valence electrons. The molecule has 1 aliphatic rings. The molecule has 1 saturated heterocycles. The Kier molecular flexibility index (Phi) is 4.53. The molecule has 1 aromatic heterocycles. The summed E-state index contributed by atoms with van der Waals surface area (Å²) >= 11 is 0.783. The third-order valence-electron chi connectivity index (χ3n) is 3.35. The number of nitrogens with zero attached hydrogens (tertiary/aromatic N) is 2. The molecule has 0 spiro atoms. The minimum absolute atomic E-state index is 0.0639. The van der Waals surface area contributed by atoms with E-state index in [0.717, 1.165) is 11.3 Å². The van der Waals surface area contributed by atoms with Crippen molar-refractivity contribution in [2.75, 3.05) is 19.8 Å². The van der Waals surface area contributed by atoms with E-state index < -0.39 is 28.8 Å². The second kappa shape index (κ2) is 6.19. The zero-order chi connectivity index (χ0) is 15.6. The number of amides is 1. The Labute approximate surface area is 124 Å². The summed E-state index contributed by atoms with van der Waals surface area (Å²) in [7, 11) is 0. The van der Waals surface area contributed by atoms with E-state index in [-0.39, 0.29) is 23.1 Å². The van der Waals surface area contributed by atoms with Crippen molar-refractivity contribution >= 4 is 28.2 Å².